The lowest BCUT2D eigenvalue weighted by atomic mass is 9.85. The fraction of sp³-hybridized carbons (Fsp3) is 0.406. The van der Waals surface area contributed by atoms with Gasteiger partial charge in [0.05, 0.1) is 44.4 Å². The number of carbonyl (C=O) groups excluding carboxylic acids is 2. The lowest BCUT2D eigenvalue weighted by molar-refractivity contribution is -0.152. The number of halogens is 1. The molecule has 2 bridgehead atoms. The van der Waals surface area contributed by atoms with E-state index in [9.17, 15) is 18.0 Å². The number of fused-ring (bicyclic) bond motifs is 3. The van der Waals surface area contributed by atoms with E-state index in [0.29, 0.717) is 21.7 Å². The molecular formula is C32H35ClN6O8S. The summed E-state index contributed by atoms with van der Waals surface area (Å²) in [5.41, 5.74) is -0.335. The fourth-order valence-corrected chi connectivity index (χ4v) is 6.47. The van der Waals surface area contributed by atoms with Crippen molar-refractivity contribution < 1.29 is 36.4 Å². The summed E-state index contributed by atoms with van der Waals surface area (Å²) in [6.45, 7) is 5.02. The van der Waals surface area contributed by atoms with E-state index in [4.69, 9.17) is 30.0 Å². The minimum absolute atomic E-state index is 0.0876. The number of piperidine rings is 1. The molecule has 2 aliphatic heterocycles. The number of amides is 2. The molecular weight excluding hydrogens is 664 g/mol. The highest BCUT2D eigenvalue weighted by molar-refractivity contribution is 7.85. The van der Waals surface area contributed by atoms with Crippen LogP contribution in [0.2, 0.25) is 5.02 Å². The van der Waals surface area contributed by atoms with E-state index < -0.39 is 52.3 Å². The number of hydrogen-bond acceptors (Lipinski definition) is 11. The number of nitrogens with one attached hydrogen (secondary N) is 1. The van der Waals surface area contributed by atoms with Gasteiger partial charge in [0.25, 0.3) is 16.0 Å². The Hall–Kier alpha value is -4.15. The molecule has 2 aliphatic rings. The molecule has 1 N–H and O–H groups in total. The maximum Gasteiger partial charge on any atom is 0.410 e. The van der Waals surface area contributed by atoms with Gasteiger partial charge < -0.3 is 24.4 Å². The van der Waals surface area contributed by atoms with Gasteiger partial charge in [-0.05, 0) is 50.6 Å². The van der Waals surface area contributed by atoms with Gasteiger partial charge in [0.2, 0.25) is 0 Å². The number of rotatable bonds is 9. The number of carbonyl (C=O) groups is 2. The van der Waals surface area contributed by atoms with E-state index in [2.05, 4.69) is 20.3 Å². The summed E-state index contributed by atoms with van der Waals surface area (Å²) in [6.07, 6.45) is 1.54. The third kappa shape index (κ3) is 7.29. The number of hydrogen-bond donors (Lipinski definition) is 1. The van der Waals surface area contributed by atoms with Crippen molar-refractivity contribution in [2.45, 2.75) is 50.9 Å². The number of anilines is 1. The monoisotopic (exact) mass is 698 g/mol. The third-order valence-electron chi connectivity index (χ3n) is 7.93. The molecule has 4 aromatic rings. The Morgan fingerprint density at radius 2 is 1.81 bits per heavy atom. The van der Waals surface area contributed by atoms with Crippen LogP contribution in [0.3, 0.4) is 0 Å². The van der Waals surface area contributed by atoms with Gasteiger partial charge in [-0.15, -0.1) is 0 Å². The Morgan fingerprint density at radius 1 is 1.08 bits per heavy atom. The first-order valence-corrected chi connectivity index (χ1v) is 17.3. The highest BCUT2D eigenvalue weighted by Gasteiger charge is 2.62. The molecule has 0 spiro atoms. The van der Waals surface area contributed by atoms with Crippen molar-refractivity contribution in [1.82, 2.24) is 24.4 Å². The van der Waals surface area contributed by atoms with E-state index in [-0.39, 0.29) is 31.4 Å². The lowest BCUT2D eigenvalue weighted by Gasteiger charge is -2.43. The molecule has 0 unspecified atom stereocenters. The van der Waals surface area contributed by atoms with Crippen LogP contribution in [0.25, 0.3) is 11.2 Å². The van der Waals surface area contributed by atoms with Crippen molar-refractivity contribution in [3.05, 3.63) is 83.4 Å². The summed E-state index contributed by atoms with van der Waals surface area (Å²) in [7, 11) is -3.93. The molecule has 4 atom stereocenters. The summed E-state index contributed by atoms with van der Waals surface area (Å²) in [6, 6.07) is 15.8. The number of aromatic nitrogens is 4. The second kappa shape index (κ2) is 13.0. The summed E-state index contributed by atoms with van der Waals surface area (Å²) >= 11 is 6.08. The van der Waals surface area contributed by atoms with Crippen molar-refractivity contribution in [2.75, 3.05) is 31.3 Å². The zero-order chi connectivity index (χ0) is 34.3. The first-order valence-electron chi connectivity index (χ1n) is 15.1. The van der Waals surface area contributed by atoms with E-state index in [1.54, 1.807) is 61.7 Å². The molecule has 14 nitrogen and oxygen atoms in total. The quantitative estimate of drug-likeness (QED) is 0.246. The van der Waals surface area contributed by atoms with Gasteiger partial charge in [-0.2, -0.15) is 8.42 Å². The third-order valence-corrected chi connectivity index (χ3v) is 8.73. The zero-order valence-corrected chi connectivity index (χ0v) is 28.3. The second-order valence-electron chi connectivity index (χ2n) is 12.8. The molecule has 48 heavy (non-hydrogen) atoms. The van der Waals surface area contributed by atoms with Crippen molar-refractivity contribution in [1.29, 1.82) is 0 Å². The molecule has 16 heteroatoms. The van der Waals surface area contributed by atoms with Gasteiger partial charge in [-0.1, -0.05) is 41.9 Å². The summed E-state index contributed by atoms with van der Waals surface area (Å²) in [5, 5.41) is 3.36. The predicted octanol–water partition coefficient (Wildman–Crippen LogP) is 4.43. The SMILES string of the molecule is CC(C)(C)OC(=O)N1C[C@H]2[C@H](n3cnc4c(NC(=O)c5ccccc5)ncnc43)O[C@@](COS(C)(=O)=O)(C1)[C@H]2OCc1ccc(Cl)cc1. The molecule has 2 fully saturated rings. The largest absolute Gasteiger partial charge is 0.444 e. The van der Waals surface area contributed by atoms with Crippen LogP contribution in [-0.2, 0) is 35.1 Å². The normalized spacial score (nSPS) is 22.5. The second-order valence-corrected chi connectivity index (χ2v) is 14.9. The predicted molar refractivity (Wildman–Crippen MR) is 175 cm³/mol. The Labute approximate surface area is 282 Å². The van der Waals surface area contributed by atoms with Crippen LogP contribution >= 0.6 is 11.6 Å². The Balaban J connectivity index is 1.38. The van der Waals surface area contributed by atoms with Crippen LogP contribution in [0.15, 0.2) is 67.3 Å². The van der Waals surface area contributed by atoms with Crippen LogP contribution in [0.5, 0.6) is 0 Å². The average Bonchev–Trinajstić information content (AvgIpc) is 3.53. The molecule has 2 amide bonds. The maximum absolute atomic E-state index is 13.4. The summed E-state index contributed by atoms with van der Waals surface area (Å²) < 4.78 is 50.5. The molecule has 2 aromatic carbocycles. The molecule has 2 saturated heterocycles. The van der Waals surface area contributed by atoms with Gasteiger partial charge in [-0.25, -0.2) is 19.7 Å². The van der Waals surface area contributed by atoms with Crippen molar-refractivity contribution in [3.8, 4) is 0 Å². The number of imidazole rings is 1. The van der Waals surface area contributed by atoms with Crippen LogP contribution in [0, 0.1) is 5.92 Å². The summed E-state index contributed by atoms with van der Waals surface area (Å²) in [5.74, 6) is -0.760. The molecule has 0 aliphatic carbocycles. The molecule has 4 heterocycles. The lowest BCUT2D eigenvalue weighted by Crippen LogP contribution is -2.61. The fourth-order valence-electron chi connectivity index (χ4n) is 5.93. The highest BCUT2D eigenvalue weighted by Crippen LogP contribution is 2.49. The molecule has 254 valence electrons. The minimum atomic E-state index is -3.93. The highest BCUT2D eigenvalue weighted by atomic mass is 35.5. The molecule has 2 aromatic heterocycles. The van der Waals surface area contributed by atoms with Crippen LogP contribution < -0.4 is 5.32 Å². The maximum atomic E-state index is 13.4. The van der Waals surface area contributed by atoms with Crippen molar-refractivity contribution in [3.63, 3.8) is 0 Å². The first-order chi connectivity index (χ1) is 22.7. The Bertz CT molecular complexity index is 1920. The standard InChI is InChI=1S/C32H35ClN6O8S/c1-31(2,3)47-30(41)38-14-23-25(44-15-20-10-12-22(33)13-11-20)32(16-38,17-45-48(4,42)43)46-29(23)39-19-36-24-26(34-18-35-27(24)39)37-28(40)21-8-6-5-7-9-21/h5-13,18-19,23,25,29H,14-17H2,1-4H3,(H,34,35,37,40)/t23-,25+,29-,32-/m1/s1. The van der Waals surface area contributed by atoms with Gasteiger partial charge in [0.1, 0.15) is 23.8 Å². The van der Waals surface area contributed by atoms with Gasteiger partial charge in [0, 0.05) is 17.1 Å². The van der Waals surface area contributed by atoms with Crippen LogP contribution in [0.4, 0.5) is 10.6 Å². The molecule has 6 rings (SSSR count). The topological polar surface area (TPSA) is 164 Å². The smallest absolute Gasteiger partial charge is 0.410 e. The number of benzene rings is 2. The van der Waals surface area contributed by atoms with E-state index in [1.165, 1.54) is 17.6 Å². The summed E-state index contributed by atoms with van der Waals surface area (Å²) in [4.78, 5) is 41.1. The molecule has 0 radical (unpaired) electrons. The zero-order valence-electron chi connectivity index (χ0n) is 26.7. The van der Waals surface area contributed by atoms with Gasteiger partial charge in [-0.3, -0.25) is 13.5 Å². The van der Waals surface area contributed by atoms with Crippen molar-refractivity contribution >= 4 is 50.7 Å². The first kappa shape index (κ1) is 33.7. The van der Waals surface area contributed by atoms with Gasteiger partial charge in [0.15, 0.2) is 17.0 Å². The van der Waals surface area contributed by atoms with Gasteiger partial charge >= 0.3 is 6.09 Å². The van der Waals surface area contributed by atoms with Crippen LogP contribution in [0.1, 0.15) is 42.9 Å². The minimum Gasteiger partial charge on any atom is -0.444 e. The Morgan fingerprint density at radius 3 is 2.50 bits per heavy atom. The number of likely N-dealkylation sites (tertiary alicyclic amines) is 1. The van der Waals surface area contributed by atoms with E-state index in [0.717, 1.165) is 11.8 Å². The van der Waals surface area contributed by atoms with Crippen molar-refractivity contribution in [2.24, 2.45) is 5.92 Å². The average molecular weight is 699 g/mol. The Kier molecular flexibility index (Phi) is 9.17. The number of ether oxygens (including phenoxy) is 3. The van der Waals surface area contributed by atoms with E-state index in [1.807, 2.05) is 18.2 Å². The van der Waals surface area contributed by atoms with E-state index >= 15 is 0 Å². The molecule has 0 saturated carbocycles. The number of nitrogens with zero attached hydrogens (tertiary/aromatic N) is 5. The van der Waals surface area contributed by atoms with Crippen LogP contribution in [-0.4, -0.2) is 88.1 Å².